The third-order valence-corrected chi connectivity index (χ3v) is 4.19. The highest BCUT2D eigenvalue weighted by Gasteiger charge is 2.02. The van der Waals surface area contributed by atoms with Gasteiger partial charge in [-0.15, -0.1) is 11.3 Å². The highest BCUT2D eigenvalue weighted by Crippen LogP contribution is 2.18. The van der Waals surface area contributed by atoms with E-state index >= 15 is 0 Å². The molecule has 1 aromatic heterocycles. The third-order valence-electron chi connectivity index (χ3n) is 3.25. The molecule has 0 saturated heterocycles. The average Bonchev–Trinajstić information content (AvgIpc) is 2.78. The maximum absolute atomic E-state index is 2.42. The topological polar surface area (TPSA) is 0 Å². The molecule has 92 valence electrons. The Labute approximate surface area is 105 Å². The van der Waals surface area contributed by atoms with Crippen molar-refractivity contribution in [2.45, 2.75) is 65.2 Å². The summed E-state index contributed by atoms with van der Waals surface area (Å²) in [6.45, 7) is 4.70. The fourth-order valence-electron chi connectivity index (χ4n) is 2.13. The van der Waals surface area contributed by atoms with Gasteiger partial charge in [-0.3, -0.25) is 0 Å². The van der Waals surface area contributed by atoms with E-state index in [0.29, 0.717) is 0 Å². The van der Waals surface area contributed by atoms with E-state index in [2.05, 4.69) is 31.4 Å². The van der Waals surface area contributed by atoms with Crippen molar-refractivity contribution < 1.29 is 0 Å². The summed E-state index contributed by atoms with van der Waals surface area (Å²) < 4.78 is 0. The van der Waals surface area contributed by atoms with Gasteiger partial charge >= 0.3 is 0 Å². The number of hydrogen-bond acceptors (Lipinski definition) is 1. The van der Waals surface area contributed by atoms with E-state index in [9.17, 15) is 0 Å². The molecule has 16 heavy (non-hydrogen) atoms. The fourth-order valence-corrected chi connectivity index (χ4v) is 2.89. The van der Waals surface area contributed by atoms with Crippen LogP contribution in [0, 0.1) is 5.92 Å². The van der Waals surface area contributed by atoms with Crippen LogP contribution >= 0.6 is 11.3 Å². The Balaban J connectivity index is 1.94. The lowest BCUT2D eigenvalue weighted by molar-refractivity contribution is 0.444. The minimum atomic E-state index is 0.940. The molecular weight excluding hydrogens is 212 g/mol. The summed E-state index contributed by atoms with van der Waals surface area (Å²) in [4.78, 5) is 1.55. The van der Waals surface area contributed by atoms with E-state index in [-0.39, 0.29) is 0 Å². The van der Waals surface area contributed by atoms with Crippen LogP contribution in [-0.4, -0.2) is 0 Å². The summed E-state index contributed by atoms with van der Waals surface area (Å²) in [6.07, 6.45) is 11.1. The molecule has 0 nitrogen and oxygen atoms in total. The Morgan fingerprint density at radius 1 is 1.12 bits per heavy atom. The van der Waals surface area contributed by atoms with E-state index in [4.69, 9.17) is 0 Å². The van der Waals surface area contributed by atoms with E-state index in [0.717, 1.165) is 5.92 Å². The van der Waals surface area contributed by atoms with Crippen molar-refractivity contribution in [1.82, 2.24) is 0 Å². The zero-order valence-electron chi connectivity index (χ0n) is 10.9. The molecule has 0 aliphatic heterocycles. The van der Waals surface area contributed by atoms with Crippen molar-refractivity contribution in [3.8, 4) is 0 Å². The van der Waals surface area contributed by atoms with Gasteiger partial charge in [-0.25, -0.2) is 0 Å². The van der Waals surface area contributed by atoms with Gasteiger partial charge in [-0.1, -0.05) is 58.4 Å². The minimum Gasteiger partial charge on any atom is -0.149 e. The molecule has 0 spiro atoms. The molecule has 1 atom stereocenters. The summed E-state index contributed by atoms with van der Waals surface area (Å²) >= 11 is 1.90. The molecule has 1 heteroatoms. The van der Waals surface area contributed by atoms with E-state index in [1.807, 2.05) is 11.3 Å². The molecule has 0 saturated carbocycles. The lowest BCUT2D eigenvalue weighted by atomic mass is 9.97. The fraction of sp³-hybridized carbons (Fsp3) is 0.733. The number of thiophene rings is 1. The average molecular weight is 238 g/mol. The lowest BCUT2D eigenvalue weighted by Gasteiger charge is -2.10. The predicted octanol–water partition coefficient (Wildman–Crippen LogP) is 5.68. The van der Waals surface area contributed by atoms with Crippen LogP contribution in [0.15, 0.2) is 17.5 Å². The van der Waals surface area contributed by atoms with Crippen LogP contribution in [0.25, 0.3) is 0 Å². The Hall–Kier alpha value is -0.300. The molecule has 1 rings (SSSR count). The largest absolute Gasteiger partial charge is 0.149 e. The summed E-state index contributed by atoms with van der Waals surface area (Å²) in [7, 11) is 0. The van der Waals surface area contributed by atoms with Crippen LogP contribution in [0.3, 0.4) is 0 Å². The van der Waals surface area contributed by atoms with Gasteiger partial charge in [0.25, 0.3) is 0 Å². The molecule has 1 heterocycles. The zero-order chi connectivity index (χ0) is 11.6. The second-order valence-electron chi connectivity index (χ2n) is 4.93. The minimum absolute atomic E-state index is 0.940. The van der Waals surface area contributed by atoms with Gasteiger partial charge in [0.1, 0.15) is 0 Å². The van der Waals surface area contributed by atoms with Crippen molar-refractivity contribution in [2.24, 2.45) is 5.92 Å². The molecule has 0 N–H and O–H groups in total. The first-order valence-electron chi connectivity index (χ1n) is 6.85. The molecule has 0 amide bonds. The molecule has 0 aliphatic carbocycles. The molecule has 1 unspecified atom stereocenters. The normalized spacial score (nSPS) is 12.9. The second-order valence-corrected chi connectivity index (χ2v) is 5.96. The zero-order valence-corrected chi connectivity index (χ0v) is 11.7. The van der Waals surface area contributed by atoms with Gasteiger partial charge < -0.3 is 0 Å². The van der Waals surface area contributed by atoms with Gasteiger partial charge in [0, 0.05) is 4.88 Å². The quantitative estimate of drug-likeness (QED) is 0.486. The SMILES string of the molecule is CCCCCC(C)CCCCc1cccs1. The molecule has 0 fully saturated rings. The van der Waals surface area contributed by atoms with Gasteiger partial charge in [0.2, 0.25) is 0 Å². The van der Waals surface area contributed by atoms with Crippen molar-refractivity contribution in [2.75, 3.05) is 0 Å². The molecule has 0 radical (unpaired) electrons. The smallest absolute Gasteiger partial charge is 0.00452 e. The molecule has 0 aromatic carbocycles. The van der Waals surface area contributed by atoms with Crippen LogP contribution in [0.4, 0.5) is 0 Å². The first-order chi connectivity index (χ1) is 7.83. The highest BCUT2D eigenvalue weighted by molar-refractivity contribution is 7.09. The van der Waals surface area contributed by atoms with Crippen molar-refractivity contribution in [3.05, 3.63) is 22.4 Å². The van der Waals surface area contributed by atoms with Crippen molar-refractivity contribution >= 4 is 11.3 Å². The Bertz CT molecular complexity index is 238. The predicted molar refractivity (Wildman–Crippen MR) is 75.2 cm³/mol. The molecule has 0 aliphatic rings. The third kappa shape index (κ3) is 6.32. The first kappa shape index (κ1) is 13.8. The van der Waals surface area contributed by atoms with Crippen molar-refractivity contribution in [3.63, 3.8) is 0 Å². The number of unbranched alkanes of at least 4 members (excludes halogenated alkanes) is 3. The van der Waals surface area contributed by atoms with Crippen LogP contribution in [0.5, 0.6) is 0 Å². The number of aryl methyl sites for hydroxylation is 1. The van der Waals surface area contributed by atoms with Crippen LogP contribution in [-0.2, 0) is 6.42 Å². The maximum atomic E-state index is 2.42. The van der Waals surface area contributed by atoms with Gasteiger partial charge in [0.15, 0.2) is 0 Å². The molecule has 1 aromatic rings. The van der Waals surface area contributed by atoms with Gasteiger partial charge in [-0.2, -0.15) is 0 Å². The highest BCUT2D eigenvalue weighted by atomic mass is 32.1. The second kappa shape index (κ2) is 8.81. The summed E-state index contributed by atoms with van der Waals surface area (Å²) in [6, 6.07) is 4.42. The van der Waals surface area contributed by atoms with Crippen LogP contribution < -0.4 is 0 Å². The number of hydrogen-bond donors (Lipinski definition) is 0. The lowest BCUT2D eigenvalue weighted by Crippen LogP contribution is -1.95. The Kier molecular flexibility index (Phi) is 7.58. The first-order valence-corrected chi connectivity index (χ1v) is 7.73. The van der Waals surface area contributed by atoms with E-state index in [1.165, 1.54) is 51.4 Å². The van der Waals surface area contributed by atoms with Gasteiger partial charge in [0.05, 0.1) is 0 Å². The summed E-state index contributed by atoms with van der Waals surface area (Å²) in [5.41, 5.74) is 0. The monoisotopic (exact) mass is 238 g/mol. The van der Waals surface area contributed by atoms with Crippen molar-refractivity contribution in [1.29, 1.82) is 0 Å². The van der Waals surface area contributed by atoms with Crippen LogP contribution in [0.1, 0.15) is 63.7 Å². The Morgan fingerprint density at radius 2 is 1.88 bits per heavy atom. The van der Waals surface area contributed by atoms with E-state index < -0.39 is 0 Å². The standard InChI is InChI=1S/C15H26S/c1-3-4-5-9-14(2)10-6-7-11-15-12-8-13-16-15/h8,12-14H,3-7,9-11H2,1-2H3. The maximum Gasteiger partial charge on any atom is 0.00452 e. The van der Waals surface area contributed by atoms with Gasteiger partial charge in [-0.05, 0) is 30.2 Å². The molecule has 0 bridgehead atoms. The molecular formula is C15H26S. The summed E-state index contributed by atoms with van der Waals surface area (Å²) in [5, 5.41) is 2.18. The Morgan fingerprint density at radius 3 is 2.50 bits per heavy atom. The van der Waals surface area contributed by atoms with Crippen LogP contribution in [0.2, 0.25) is 0 Å². The number of rotatable bonds is 9. The van der Waals surface area contributed by atoms with E-state index in [1.54, 1.807) is 4.88 Å². The summed E-state index contributed by atoms with van der Waals surface area (Å²) in [5.74, 6) is 0.940.